The minimum Gasteiger partial charge on any atom is -0.341 e. The van der Waals surface area contributed by atoms with E-state index in [0.29, 0.717) is 12.4 Å². The Morgan fingerprint density at radius 2 is 2.17 bits per heavy atom. The number of nitrogens with zero attached hydrogens (tertiary/aromatic N) is 3. The Bertz CT molecular complexity index is 499. The molecule has 0 atom stereocenters. The molecule has 1 aliphatic heterocycles. The number of nitrogens with one attached hydrogen (secondary N) is 1. The topological polar surface area (TPSA) is 75.2 Å². The highest BCUT2D eigenvalue weighted by Gasteiger charge is 2.38. The summed E-state index contributed by atoms with van der Waals surface area (Å²) in [4.78, 5) is 33.5. The third-order valence-electron chi connectivity index (χ3n) is 2.79. The highest BCUT2D eigenvalue weighted by Crippen LogP contribution is 2.15. The van der Waals surface area contributed by atoms with Crippen molar-refractivity contribution in [1.82, 2.24) is 20.2 Å². The standard InChI is InChI=1S/C12H16N4O2/c1-8-13-5-4-9(14-8)6-16-7-10(17)15-12(2,3)11(16)18/h4-5H,6-7H2,1-3H3,(H,15,17). The Hall–Kier alpha value is -1.98. The van der Waals surface area contributed by atoms with Gasteiger partial charge in [-0.2, -0.15) is 0 Å². The maximum atomic E-state index is 12.1. The lowest BCUT2D eigenvalue weighted by Gasteiger charge is -2.37. The molecule has 2 rings (SSSR count). The number of piperazine rings is 1. The molecule has 1 aromatic rings. The summed E-state index contributed by atoms with van der Waals surface area (Å²) in [5.74, 6) is 0.407. The number of aryl methyl sites for hydroxylation is 1. The summed E-state index contributed by atoms with van der Waals surface area (Å²) in [6.45, 7) is 5.60. The highest BCUT2D eigenvalue weighted by molar-refractivity contribution is 5.97. The first kappa shape index (κ1) is 12.5. The maximum Gasteiger partial charge on any atom is 0.248 e. The number of carbonyl (C=O) groups is 2. The molecule has 0 bridgehead atoms. The monoisotopic (exact) mass is 248 g/mol. The zero-order valence-electron chi connectivity index (χ0n) is 10.7. The molecule has 96 valence electrons. The molecule has 0 unspecified atom stereocenters. The first-order valence-electron chi connectivity index (χ1n) is 5.77. The van der Waals surface area contributed by atoms with Crippen LogP contribution in [-0.4, -0.2) is 38.8 Å². The number of amides is 2. The van der Waals surface area contributed by atoms with Crippen LogP contribution in [0.2, 0.25) is 0 Å². The van der Waals surface area contributed by atoms with Crippen molar-refractivity contribution < 1.29 is 9.59 Å². The van der Waals surface area contributed by atoms with Gasteiger partial charge in [0, 0.05) is 6.20 Å². The van der Waals surface area contributed by atoms with Gasteiger partial charge in [0.2, 0.25) is 11.8 Å². The lowest BCUT2D eigenvalue weighted by molar-refractivity contribution is -0.149. The van der Waals surface area contributed by atoms with E-state index in [1.165, 1.54) is 4.90 Å². The third-order valence-corrected chi connectivity index (χ3v) is 2.79. The molecule has 0 saturated carbocycles. The van der Waals surface area contributed by atoms with Crippen molar-refractivity contribution in [3.63, 3.8) is 0 Å². The summed E-state index contributed by atoms with van der Waals surface area (Å²) in [7, 11) is 0. The average Bonchev–Trinajstić information content (AvgIpc) is 2.24. The molecule has 1 aliphatic rings. The van der Waals surface area contributed by atoms with Crippen LogP contribution in [0.1, 0.15) is 25.4 Å². The summed E-state index contributed by atoms with van der Waals surface area (Å²) in [6.07, 6.45) is 1.65. The number of hydrogen-bond donors (Lipinski definition) is 1. The first-order valence-corrected chi connectivity index (χ1v) is 5.77. The fraction of sp³-hybridized carbons (Fsp3) is 0.500. The predicted octanol–water partition coefficient (Wildman–Crippen LogP) is 0.0220. The van der Waals surface area contributed by atoms with Crippen LogP contribution in [0, 0.1) is 6.92 Å². The minimum atomic E-state index is -0.850. The van der Waals surface area contributed by atoms with Crippen molar-refractivity contribution in [2.45, 2.75) is 32.9 Å². The number of aromatic nitrogens is 2. The van der Waals surface area contributed by atoms with Gasteiger partial charge in [0.05, 0.1) is 12.2 Å². The Balaban J connectivity index is 2.18. The van der Waals surface area contributed by atoms with Crippen molar-refractivity contribution in [3.8, 4) is 0 Å². The van der Waals surface area contributed by atoms with Gasteiger partial charge >= 0.3 is 0 Å². The van der Waals surface area contributed by atoms with Crippen molar-refractivity contribution in [2.24, 2.45) is 0 Å². The minimum absolute atomic E-state index is 0.0747. The van der Waals surface area contributed by atoms with Gasteiger partial charge in [-0.15, -0.1) is 0 Å². The molecule has 6 heteroatoms. The molecule has 2 amide bonds. The van der Waals surface area contributed by atoms with E-state index in [1.54, 1.807) is 33.0 Å². The Morgan fingerprint density at radius 3 is 2.83 bits per heavy atom. The maximum absolute atomic E-state index is 12.1. The smallest absolute Gasteiger partial charge is 0.248 e. The number of rotatable bonds is 2. The summed E-state index contributed by atoms with van der Waals surface area (Å²) in [5.41, 5.74) is -0.112. The van der Waals surface area contributed by atoms with E-state index in [0.717, 1.165) is 5.69 Å². The SMILES string of the molecule is Cc1nccc(CN2CC(=O)NC(C)(C)C2=O)n1. The second-order valence-electron chi connectivity index (χ2n) is 4.93. The Kier molecular flexibility index (Phi) is 3.02. The van der Waals surface area contributed by atoms with Gasteiger partial charge in [-0.3, -0.25) is 9.59 Å². The average molecular weight is 248 g/mol. The lowest BCUT2D eigenvalue weighted by atomic mass is 10.0. The van der Waals surface area contributed by atoms with Crippen molar-refractivity contribution in [3.05, 3.63) is 23.8 Å². The van der Waals surface area contributed by atoms with Gasteiger partial charge in [-0.1, -0.05) is 0 Å². The highest BCUT2D eigenvalue weighted by atomic mass is 16.2. The van der Waals surface area contributed by atoms with Crippen LogP contribution < -0.4 is 5.32 Å². The molecule has 1 aromatic heterocycles. The van der Waals surface area contributed by atoms with Gasteiger partial charge in [0.25, 0.3) is 0 Å². The summed E-state index contributed by atoms with van der Waals surface area (Å²) in [6, 6.07) is 1.75. The quantitative estimate of drug-likeness (QED) is 0.800. The van der Waals surface area contributed by atoms with Gasteiger partial charge < -0.3 is 10.2 Å². The van der Waals surface area contributed by atoms with Crippen molar-refractivity contribution in [1.29, 1.82) is 0 Å². The molecular formula is C12H16N4O2. The molecule has 6 nitrogen and oxygen atoms in total. The Labute approximate surface area is 105 Å². The van der Waals surface area contributed by atoms with E-state index in [9.17, 15) is 9.59 Å². The summed E-state index contributed by atoms with van der Waals surface area (Å²) in [5, 5.41) is 2.67. The van der Waals surface area contributed by atoms with Crippen LogP contribution in [0.25, 0.3) is 0 Å². The van der Waals surface area contributed by atoms with Gasteiger partial charge in [0.15, 0.2) is 0 Å². The molecule has 18 heavy (non-hydrogen) atoms. The van der Waals surface area contributed by atoms with Crippen LogP contribution in [0.3, 0.4) is 0 Å². The van der Waals surface area contributed by atoms with Gasteiger partial charge in [0.1, 0.15) is 17.9 Å². The molecule has 0 radical (unpaired) electrons. The van der Waals surface area contributed by atoms with E-state index in [2.05, 4.69) is 15.3 Å². The lowest BCUT2D eigenvalue weighted by Crippen LogP contribution is -2.63. The van der Waals surface area contributed by atoms with Crippen LogP contribution in [0.5, 0.6) is 0 Å². The fourth-order valence-electron chi connectivity index (χ4n) is 2.00. The van der Waals surface area contributed by atoms with Gasteiger partial charge in [-0.25, -0.2) is 9.97 Å². The fourth-order valence-corrected chi connectivity index (χ4v) is 2.00. The molecule has 1 saturated heterocycles. The summed E-state index contributed by atoms with van der Waals surface area (Å²) < 4.78 is 0. The summed E-state index contributed by atoms with van der Waals surface area (Å²) >= 11 is 0. The van der Waals surface area contributed by atoms with Crippen molar-refractivity contribution >= 4 is 11.8 Å². The Morgan fingerprint density at radius 1 is 1.44 bits per heavy atom. The largest absolute Gasteiger partial charge is 0.341 e. The van der Waals surface area contributed by atoms with Crippen LogP contribution >= 0.6 is 0 Å². The first-order chi connectivity index (χ1) is 8.38. The third kappa shape index (κ3) is 2.47. The molecule has 1 fully saturated rings. The molecular weight excluding hydrogens is 232 g/mol. The second kappa shape index (κ2) is 4.36. The van der Waals surface area contributed by atoms with E-state index in [4.69, 9.17) is 0 Å². The predicted molar refractivity (Wildman–Crippen MR) is 64.4 cm³/mol. The molecule has 1 N–H and O–H groups in total. The molecule has 2 heterocycles. The normalized spacial score (nSPS) is 18.7. The van der Waals surface area contributed by atoms with Gasteiger partial charge in [-0.05, 0) is 26.8 Å². The van der Waals surface area contributed by atoms with E-state index in [1.807, 2.05) is 0 Å². The van der Waals surface area contributed by atoms with Crippen LogP contribution in [0.4, 0.5) is 0 Å². The van der Waals surface area contributed by atoms with Crippen molar-refractivity contribution in [2.75, 3.05) is 6.54 Å². The van der Waals surface area contributed by atoms with E-state index >= 15 is 0 Å². The zero-order valence-corrected chi connectivity index (χ0v) is 10.7. The van der Waals surface area contributed by atoms with Crippen LogP contribution in [-0.2, 0) is 16.1 Å². The van der Waals surface area contributed by atoms with E-state index in [-0.39, 0.29) is 18.4 Å². The van der Waals surface area contributed by atoms with Crippen LogP contribution in [0.15, 0.2) is 12.3 Å². The van der Waals surface area contributed by atoms with E-state index < -0.39 is 5.54 Å². The molecule has 0 aliphatic carbocycles. The zero-order chi connectivity index (χ0) is 13.3. The number of hydrogen-bond acceptors (Lipinski definition) is 4. The second-order valence-corrected chi connectivity index (χ2v) is 4.93. The molecule has 0 spiro atoms. The molecule has 0 aromatic carbocycles. The number of carbonyl (C=O) groups excluding carboxylic acids is 2.